The van der Waals surface area contributed by atoms with Crippen LogP contribution in [0.1, 0.15) is 5.82 Å². The van der Waals surface area contributed by atoms with Gasteiger partial charge in [0.05, 0.1) is 17.9 Å². The van der Waals surface area contributed by atoms with Crippen molar-refractivity contribution in [1.82, 2.24) is 20.2 Å². The molecule has 9 nitrogen and oxygen atoms in total. The Kier molecular flexibility index (Phi) is 5.11. The standard InChI is InChI=1S/C18H17BrN6O3/c1-11-22-23-24-25(11)13-4-2-3-12(7-13)20-10-18(26)21-15-9-17-16(8-14(15)19)27-5-6-28-17/h2-4,7-9,20H,5-6,10H2,1H3,(H,21,26). The summed E-state index contributed by atoms with van der Waals surface area (Å²) in [7, 11) is 0. The average molecular weight is 445 g/mol. The molecule has 144 valence electrons. The van der Waals surface area contributed by atoms with Crippen LogP contribution in [-0.2, 0) is 4.79 Å². The first-order chi connectivity index (χ1) is 13.6. The third kappa shape index (κ3) is 3.91. The van der Waals surface area contributed by atoms with Gasteiger partial charge in [-0.2, -0.15) is 4.68 Å². The number of fused-ring (bicyclic) bond motifs is 1. The van der Waals surface area contributed by atoms with Gasteiger partial charge in [-0.25, -0.2) is 0 Å². The van der Waals surface area contributed by atoms with Gasteiger partial charge in [0.2, 0.25) is 5.91 Å². The van der Waals surface area contributed by atoms with Crippen molar-refractivity contribution in [3.05, 3.63) is 46.7 Å². The smallest absolute Gasteiger partial charge is 0.243 e. The number of anilines is 2. The molecule has 3 aromatic rings. The Bertz CT molecular complexity index is 1020. The first-order valence-electron chi connectivity index (χ1n) is 8.58. The minimum Gasteiger partial charge on any atom is -0.486 e. The summed E-state index contributed by atoms with van der Waals surface area (Å²) in [6.07, 6.45) is 0. The molecule has 0 saturated carbocycles. The summed E-state index contributed by atoms with van der Waals surface area (Å²) in [5.74, 6) is 1.76. The Hall–Kier alpha value is -3.14. The number of rotatable bonds is 5. The highest BCUT2D eigenvalue weighted by atomic mass is 79.9. The number of hydrogen-bond acceptors (Lipinski definition) is 7. The molecule has 1 aliphatic rings. The van der Waals surface area contributed by atoms with Gasteiger partial charge < -0.3 is 20.1 Å². The molecule has 1 aromatic heterocycles. The van der Waals surface area contributed by atoms with Crippen molar-refractivity contribution >= 4 is 33.2 Å². The number of ether oxygens (including phenoxy) is 2. The van der Waals surface area contributed by atoms with Crippen molar-refractivity contribution in [3.63, 3.8) is 0 Å². The molecule has 0 radical (unpaired) electrons. The number of amides is 1. The van der Waals surface area contributed by atoms with E-state index in [0.29, 0.717) is 36.2 Å². The van der Waals surface area contributed by atoms with Gasteiger partial charge in [0.25, 0.3) is 0 Å². The Morgan fingerprint density at radius 3 is 2.75 bits per heavy atom. The molecule has 28 heavy (non-hydrogen) atoms. The van der Waals surface area contributed by atoms with E-state index in [9.17, 15) is 4.79 Å². The summed E-state index contributed by atoms with van der Waals surface area (Å²) in [6, 6.07) is 11.0. The van der Waals surface area contributed by atoms with E-state index in [1.54, 1.807) is 16.8 Å². The molecule has 2 N–H and O–H groups in total. The molecule has 4 rings (SSSR count). The zero-order chi connectivity index (χ0) is 19.5. The van der Waals surface area contributed by atoms with Crippen LogP contribution in [0.25, 0.3) is 5.69 Å². The van der Waals surface area contributed by atoms with E-state index in [4.69, 9.17) is 9.47 Å². The highest BCUT2D eigenvalue weighted by Gasteiger charge is 2.16. The normalized spacial score (nSPS) is 12.5. The summed E-state index contributed by atoms with van der Waals surface area (Å²) in [5.41, 5.74) is 2.21. The Morgan fingerprint density at radius 2 is 2.00 bits per heavy atom. The summed E-state index contributed by atoms with van der Waals surface area (Å²) < 4.78 is 13.4. The lowest BCUT2D eigenvalue weighted by Gasteiger charge is -2.20. The van der Waals surface area contributed by atoms with Crippen LogP contribution in [0, 0.1) is 6.92 Å². The molecular weight excluding hydrogens is 428 g/mol. The summed E-state index contributed by atoms with van der Waals surface area (Å²) in [6.45, 7) is 2.91. The van der Waals surface area contributed by atoms with E-state index < -0.39 is 0 Å². The lowest BCUT2D eigenvalue weighted by molar-refractivity contribution is -0.114. The first-order valence-corrected chi connectivity index (χ1v) is 9.38. The molecule has 0 bridgehead atoms. The maximum absolute atomic E-state index is 12.4. The van der Waals surface area contributed by atoms with Crippen molar-refractivity contribution in [1.29, 1.82) is 0 Å². The number of benzene rings is 2. The molecule has 1 amide bonds. The SMILES string of the molecule is Cc1nnnn1-c1cccc(NCC(=O)Nc2cc3c(cc2Br)OCCO3)c1. The maximum Gasteiger partial charge on any atom is 0.243 e. The quantitative estimate of drug-likeness (QED) is 0.622. The summed E-state index contributed by atoms with van der Waals surface area (Å²) in [4.78, 5) is 12.4. The lowest BCUT2D eigenvalue weighted by atomic mass is 10.2. The zero-order valence-corrected chi connectivity index (χ0v) is 16.6. The summed E-state index contributed by atoms with van der Waals surface area (Å²) >= 11 is 3.45. The van der Waals surface area contributed by atoms with Crippen LogP contribution in [0.15, 0.2) is 40.9 Å². The van der Waals surface area contributed by atoms with Gasteiger partial charge in [0, 0.05) is 22.3 Å². The number of nitrogens with zero attached hydrogens (tertiary/aromatic N) is 4. The van der Waals surface area contributed by atoms with E-state index in [0.717, 1.165) is 15.8 Å². The minimum absolute atomic E-state index is 0.0962. The summed E-state index contributed by atoms with van der Waals surface area (Å²) in [5, 5.41) is 17.4. The van der Waals surface area contributed by atoms with Gasteiger partial charge >= 0.3 is 0 Å². The predicted octanol–water partition coefficient (Wildman–Crippen LogP) is 2.56. The van der Waals surface area contributed by atoms with Crippen molar-refractivity contribution in [2.24, 2.45) is 0 Å². The van der Waals surface area contributed by atoms with Crippen LogP contribution in [0.3, 0.4) is 0 Å². The van der Waals surface area contributed by atoms with Crippen LogP contribution < -0.4 is 20.1 Å². The third-order valence-corrected chi connectivity index (χ3v) is 4.73. The Labute approximate surface area is 169 Å². The first kappa shape index (κ1) is 18.2. The van der Waals surface area contributed by atoms with Crippen LogP contribution >= 0.6 is 15.9 Å². The van der Waals surface area contributed by atoms with E-state index in [1.807, 2.05) is 31.2 Å². The van der Waals surface area contributed by atoms with Crippen LogP contribution in [-0.4, -0.2) is 45.9 Å². The van der Waals surface area contributed by atoms with Gasteiger partial charge in [-0.05, 0) is 51.5 Å². The Morgan fingerprint density at radius 1 is 1.21 bits per heavy atom. The second kappa shape index (κ2) is 7.85. The molecule has 0 fully saturated rings. The minimum atomic E-state index is -0.193. The van der Waals surface area contributed by atoms with Gasteiger partial charge in [-0.3, -0.25) is 4.79 Å². The van der Waals surface area contributed by atoms with Crippen LogP contribution in [0.5, 0.6) is 11.5 Å². The fraction of sp³-hybridized carbons (Fsp3) is 0.222. The van der Waals surface area contributed by atoms with E-state index in [2.05, 4.69) is 42.1 Å². The fourth-order valence-electron chi connectivity index (χ4n) is 2.75. The van der Waals surface area contributed by atoms with Crippen LogP contribution in [0.2, 0.25) is 0 Å². The van der Waals surface area contributed by atoms with Crippen molar-refractivity contribution in [2.75, 3.05) is 30.4 Å². The van der Waals surface area contributed by atoms with E-state index in [-0.39, 0.29) is 12.5 Å². The second-order valence-electron chi connectivity index (χ2n) is 6.07. The highest BCUT2D eigenvalue weighted by Crippen LogP contribution is 2.38. The number of hydrogen-bond donors (Lipinski definition) is 2. The van der Waals surface area contributed by atoms with Gasteiger partial charge in [-0.15, -0.1) is 5.10 Å². The number of aryl methyl sites for hydroxylation is 1. The fourth-order valence-corrected chi connectivity index (χ4v) is 3.18. The molecule has 0 spiro atoms. The third-order valence-electron chi connectivity index (χ3n) is 4.08. The Balaban J connectivity index is 1.41. The molecule has 0 saturated heterocycles. The van der Waals surface area contributed by atoms with E-state index in [1.165, 1.54) is 0 Å². The van der Waals surface area contributed by atoms with Gasteiger partial charge in [0.15, 0.2) is 17.3 Å². The van der Waals surface area contributed by atoms with Crippen molar-refractivity contribution in [3.8, 4) is 17.2 Å². The second-order valence-corrected chi connectivity index (χ2v) is 6.92. The van der Waals surface area contributed by atoms with Crippen molar-refractivity contribution in [2.45, 2.75) is 6.92 Å². The number of tetrazole rings is 1. The molecular formula is C18H17BrN6O3. The van der Waals surface area contributed by atoms with E-state index >= 15 is 0 Å². The number of halogens is 1. The largest absolute Gasteiger partial charge is 0.486 e. The molecule has 0 atom stereocenters. The lowest BCUT2D eigenvalue weighted by Crippen LogP contribution is -2.22. The average Bonchev–Trinajstić information content (AvgIpc) is 3.13. The molecule has 2 heterocycles. The zero-order valence-electron chi connectivity index (χ0n) is 15.0. The molecule has 0 unspecified atom stereocenters. The number of carbonyl (C=O) groups excluding carboxylic acids is 1. The number of carbonyl (C=O) groups is 1. The maximum atomic E-state index is 12.4. The number of nitrogens with one attached hydrogen (secondary N) is 2. The van der Waals surface area contributed by atoms with Gasteiger partial charge in [-0.1, -0.05) is 6.07 Å². The predicted molar refractivity (Wildman–Crippen MR) is 106 cm³/mol. The highest BCUT2D eigenvalue weighted by molar-refractivity contribution is 9.10. The van der Waals surface area contributed by atoms with Gasteiger partial charge in [0.1, 0.15) is 13.2 Å². The molecule has 0 aliphatic carbocycles. The topological polar surface area (TPSA) is 103 Å². The molecule has 10 heteroatoms. The van der Waals surface area contributed by atoms with Crippen LogP contribution in [0.4, 0.5) is 11.4 Å². The molecule has 2 aromatic carbocycles. The molecule has 1 aliphatic heterocycles. The number of aromatic nitrogens is 4. The monoisotopic (exact) mass is 444 g/mol. The van der Waals surface area contributed by atoms with Crippen molar-refractivity contribution < 1.29 is 14.3 Å².